The molecule has 202 valence electrons. The van der Waals surface area contributed by atoms with Crippen LogP contribution in [0.3, 0.4) is 0 Å². The van der Waals surface area contributed by atoms with Gasteiger partial charge in [-0.3, -0.25) is 0 Å². The maximum absolute atomic E-state index is 13.3. The Hall–Kier alpha value is -2.07. The van der Waals surface area contributed by atoms with Gasteiger partial charge in [0.2, 0.25) is 0 Å². The summed E-state index contributed by atoms with van der Waals surface area (Å²) in [6.45, 7) is 4.06. The number of rotatable bonds is 11. The van der Waals surface area contributed by atoms with Crippen molar-refractivity contribution in [3.8, 4) is 0 Å². The summed E-state index contributed by atoms with van der Waals surface area (Å²) in [7, 11) is 1.92. The van der Waals surface area contributed by atoms with Crippen LogP contribution in [0.15, 0.2) is 24.3 Å². The van der Waals surface area contributed by atoms with Crippen molar-refractivity contribution >= 4 is 23.7 Å². The molecule has 2 aliphatic heterocycles. The molecule has 2 heterocycles. The molecule has 2 aliphatic rings. The molecule has 3 rings (SSSR count). The van der Waals surface area contributed by atoms with E-state index < -0.39 is 6.09 Å². The van der Waals surface area contributed by atoms with E-state index in [-0.39, 0.29) is 37.2 Å². The lowest BCUT2D eigenvalue weighted by molar-refractivity contribution is -0.00850. The van der Waals surface area contributed by atoms with Crippen molar-refractivity contribution in [2.45, 2.75) is 50.7 Å². The largest absolute Gasteiger partial charge is 0.465 e. The number of carbonyl (C=O) groups is 2. The molecule has 0 bridgehead atoms. The molecule has 0 radical (unpaired) electrons. The van der Waals surface area contributed by atoms with Gasteiger partial charge >= 0.3 is 12.1 Å². The quantitative estimate of drug-likeness (QED) is 0.327. The van der Waals surface area contributed by atoms with Gasteiger partial charge in [-0.1, -0.05) is 23.7 Å². The topological polar surface area (TPSA) is 112 Å². The molecule has 4 atom stereocenters. The maximum Gasteiger partial charge on any atom is 0.404 e. The summed E-state index contributed by atoms with van der Waals surface area (Å²) in [4.78, 5) is 26.0. The third-order valence-corrected chi connectivity index (χ3v) is 7.23. The highest BCUT2D eigenvalue weighted by atomic mass is 35.5. The van der Waals surface area contributed by atoms with Crippen LogP contribution in [-0.4, -0.2) is 81.2 Å². The molecular formula is C26H41ClN4O5. The zero-order chi connectivity index (χ0) is 25.8. The molecule has 2 fully saturated rings. The third-order valence-electron chi connectivity index (χ3n) is 6.99. The molecule has 0 spiro atoms. The van der Waals surface area contributed by atoms with Crippen LogP contribution in [-0.2, 0) is 9.47 Å². The van der Waals surface area contributed by atoms with E-state index in [1.165, 1.54) is 0 Å². The first kappa shape index (κ1) is 28.5. The summed E-state index contributed by atoms with van der Waals surface area (Å²) < 4.78 is 11.8. The van der Waals surface area contributed by atoms with Gasteiger partial charge in [0.1, 0.15) is 0 Å². The Morgan fingerprint density at radius 3 is 2.89 bits per heavy atom. The van der Waals surface area contributed by atoms with Crippen molar-refractivity contribution in [2.75, 3.05) is 53.0 Å². The highest BCUT2D eigenvalue weighted by Crippen LogP contribution is 2.34. The van der Waals surface area contributed by atoms with Crippen LogP contribution in [0, 0.1) is 11.8 Å². The summed E-state index contributed by atoms with van der Waals surface area (Å²) in [5.41, 5.74) is 0.939. The number of likely N-dealkylation sites (tertiary alicyclic amines) is 1. The Morgan fingerprint density at radius 1 is 1.25 bits per heavy atom. The number of carboxylic acid groups (broad SMARTS) is 1. The number of hydrogen-bond acceptors (Lipinski definition) is 5. The molecule has 2 saturated heterocycles. The molecule has 0 saturated carbocycles. The number of amides is 3. The second kappa shape index (κ2) is 15.2. The second-order valence-corrected chi connectivity index (χ2v) is 10.2. The lowest BCUT2D eigenvalue weighted by atomic mass is 9.88. The van der Waals surface area contributed by atoms with E-state index in [0.717, 1.165) is 63.8 Å². The Morgan fingerprint density at radius 2 is 2.11 bits per heavy atom. The van der Waals surface area contributed by atoms with Gasteiger partial charge in [0.25, 0.3) is 0 Å². The zero-order valence-electron chi connectivity index (χ0n) is 21.2. The Kier molecular flexibility index (Phi) is 12.1. The summed E-state index contributed by atoms with van der Waals surface area (Å²) >= 11 is 6.25. The van der Waals surface area contributed by atoms with E-state index in [2.05, 4.69) is 16.0 Å². The van der Waals surface area contributed by atoms with Crippen molar-refractivity contribution in [3.63, 3.8) is 0 Å². The molecule has 1 aromatic rings. The lowest BCUT2D eigenvalue weighted by Crippen LogP contribution is -2.52. The van der Waals surface area contributed by atoms with E-state index in [9.17, 15) is 9.59 Å². The van der Waals surface area contributed by atoms with Crippen LogP contribution in [0.5, 0.6) is 0 Å². The molecule has 3 amide bonds. The summed E-state index contributed by atoms with van der Waals surface area (Å²) in [5.74, 6) is 0.634. The highest BCUT2D eigenvalue weighted by Gasteiger charge is 2.32. The monoisotopic (exact) mass is 524 g/mol. The lowest BCUT2D eigenvalue weighted by Gasteiger charge is -2.38. The van der Waals surface area contributed by atoms with Gasteiger partial charge < -0.3 is 35.4 Å². The van der Waals surface area contributed by atoms with E-state index in [4.69, 9.17) is 26.2 Å². The summed E-state index contributed by atoms with van der Waals surface area (Å²) in [6, 6.07) is 7.58. The fourth-order valence-corrected chi connectivity index (χ4v) is 5.49. The van der Waals surface area contributed by atoms with Gasteiger partial charge in [-0.15, -0.1) is 0 Å². The number of ether oxygens (including phenoxy) is 2. The standard InChI is InChI=1S/C26H41ClN4O5/c1-28-17-23(15-19-5-4-12-35-13-9-19)30-25(32)31-11-3-7-21(18-31)24(36-14-10-29-26(33)34)20-6-2-8-22(27)16-20/h2,6,8,16,19,21,23-24,28-29H,3-5,7,9-15,17-18H2,1H3,(H,30,32)(H,33,34)/t19-,21+,23-,24?/m0/s1. The van der Waals surface area contributed by atoms with Crippen LogP contribution in [0.4, 0.5) is 9.59 Å². The van der Waals surface area contributed by atoms with Gasteiger partial charge in [0.05, 0.1) is 12.7 Å². The van der Waals surface area contributed by atoms with Gasteiger partial charge in [-0.05, 0) is 69.2 Å². The first-order valence-corrected chi connectivity index (χ1v) is 13.5. The number of likely N-dealkylation sites (N-methyl/N-ethyl adjacent to an activating group) is 1. The van der Waals surface area contributed by atoms with Crippen LogP contribution in [0.25, 0.3) is 0 Å². The van der Waals surface area contributed by atoms with Crippen LogP contribution < -0.4 is 16.0 Å². The molecular weight excluding hydrogens is 484 g/mol. The molecule has 36 heavy (non-hydrogen) atoms. The minimum atomic E-state index is -1.08. The molecule has 1 unspecified atom stereocenters. The first-order valence-electron chi connectivity index (χ1n) is 13.1. The number of nitrogens with one attached hydrogen (secondary N) is 3. The molecule has 0 aromatic heterocycles. The average molecular weight is 525 g/mol. The number of hydrogen-bond donors (Lipinski definition) is 4. The Labute approximate surface area is 219 Å². The van der Waals surface area contributed by atoms with Crippen molar-refractivity contribution in [3.05, 3.63) is 34.9 Å². The summed E-state index contributed by atoms with van der Waals surface area (Å²) in [6.07, 6.45) is 4.62. The molecule has 1 aromatic carbocycles. The van der Waals surface area contributed by atoms with Crippen LogP contribution in [0.2, 0.25) is 5.02 Å². The fraction of sp³-hybridized carbons (Fsp3) is 0.692. The normalized spacial score (nSPS) is 22.3. The Balaban J connectivity index is 1.62. The number of piperidine rings is 1. The molecule has 0 aliphatic carbocycles. The minimum absolute atomic E-state index is 0.0396. The third kappa shape index (κ3) is 9.42. The van der Waals surface area contributed by atoms with Gasteiger partial charge in [0.15, 0.2) is 0 Å². The van der Waals surface area contributed by atoms with E-state index >= 15 is 0 Å². The predicted octanol–water partition coefficient (Wildman–Crippen LogP) is 3.88. The van der Waals surface area contributed by atoms with E-state index in [1.54, 1.807) is 0 Å². The van der Waals surface area contributed by atoms with Crippen LogP contribution in [0.1, 0.15) is 50.2 Å². The van der Waals surface area contributed by atoms with E-state index in [1.807, 2.05) is 36.2 Å². The summed E-state index contributed by atoms with van der Waals surface area (Å²) in [5, 5.41) is 18.3. The highest BCUT2D eigenvalue weighted by molar-refractivity contribution is 6.30. The zero-order valence-corrected chi connectivity index (χ0v) is 22.0. The Bertz CT molecular complexity index is 821. The van der Waals surface area contributed by atoms with Crippen LogP contribution >= 0.6 is 11.6 Å². The minimum Gasteiger partial charge on any atom is -0.465 e. The van der Waals surface area contributed by atoms with Crippen molar-refractivity contribution < 1.29 is 24.2 Å². The number of benzene rings is 1. The first-order chi connectivity index (χ1) is 17.5. The number of carbonyl (C=O) groups excluding carboxylic acids is 1. The van der Waals surface area contributed by atoms with E-state index in [0.29, 0.717) is 24.0 Å². The van der Waals surface area contributed by atoms with Gasteiger partial charge in [0, 0.05) is 56.4 Å². The fourth-order valence-electron chi connectivity index (χ4n) is 5.29. The molecule has 10 heteroatoms. The SMILES string of the molecule is CNC[C@H](C[C@H]1CCCOCC1)NC(=O)N1CCC[C@@H](C(OCCNC(=O)O)c2cccc(Cl)c2)C1. The van der Waals surface area contributed by atoms with Crippen molar-refractivity contribution in [2.24, 2.45) is 11.8 Å². The number of nitrogens with zero attached hydrogens (tertiary/aromatic N) is 1. The smallest absolute Gasteiger partial charge is 0.404 e. The second-order valence-electron chi connectivity index (χ2n) is 9.78. The average Bonchev–Trinajstić information content (AvgIpc) is 3.13. The van der Waals surface area contributed by atoms with Gasteiger partial charge in [-0.2, -0.15) is 0 Å². The number of halogens is 1. The van der Waals surface area contributed by atoms with Crippen molar-refractivity contribution in [1.29, 1.82) is 0 Å². The molecule has 9 nitrogen and oxygen atoms in total. The maximum atomic E-state index is 13.3. The number of urea groups is 1. The predicted molar refractivity (Wildman–Crippen MR) is 139 cm³/mol. The molecule has 4 N–H and O–H groups in total. The van der Waals surface area contributed by atoms with Gasteiger partial charge in [-0.25, -0.2) is 9.59 Å². The van der Waals surface area contributed by atoms with Crippen molar-refractivity contribution in [1.82, 2.24) is 20.9 Å².